The first-order valence-electron chi connectivity index (χ1n) is 11.2. The zero-order valence-corrected chi connectivity index (χ0v) is 18.6. The largest absolute Gasteiger partial charge is 0.454 e. The zero-order chi connectivity index (χ0) is 24.4. The van der Waals surface area contributed by atoms with Gasteiger partial charge in [-0.05, 0) is 49.2 Å². The highest BCUT2D eigenvalue weighted by molar-refractivity contribution is 6.18. The number of aliphatic hydroxyl groups is 1. The molecule has 5 rings (SSSR count). The Labute approximate surface area is 199 Å². The molecule has 0 spiro atoms. The van der Waals surface area contributed by atoms with Gasteiger partial charge in [-0.1, -0.05) is 12.1 Å². The minimum atomic E-state index is -0.580. The topological polar surface area (TPSA) is 96.5 Å². The Morgan fingerprint density at radius 1 is 1.14 bits per heavy atom. The van der Waals surface area contributed by atoms with Crippen LogP contribution in [0.2, 0.25) is 0 Å². The summed E-state index contributed by atoms with van der Waals surface area (Å²) in [5.74, 6) is -0.943. The lowest BCUT2D eigenvalue weighted by atomic mass is 10.0. The van der Waals surface area contributed by atoms with Gasteiger partial charge >= 0.3 is 0 Å². The molecule has 1 saturated heterocycles. The number of fused-ring (bicyclic) bond motifs is 1. The number of ether oxygens (including phenoxy) is 2. The molecule has 1 aliphatic rings. The Morgan fingerprint density at radius 2 is 1.94 bits per heavy atom. The van der Waals surface area contributed by atoms with Crippen molar-refractivity contribution in [2.24, 2.45) is 0 Å². The maximum Gasteiger partial charge on any atom is 0.195 e. The maximum absolute atomic E-state index is 14.9. The van der Waals surface area contributed by atoms with Crippen LogP contribution in [0.25, 0.3) is 11.0 Å². The van der Waals surface area contributed by atoms with E-state index in [0.717, 1.165) is 6.20 Å². The van der Waals surface area contributed by atoms with Gasteiger partial charge in [0.05, 0.1) is 42.2 Å². The molecule has 9 heteroatoms. The summed E-state index contributed by atoms with van der Waals surface area (Å²) in [6.45, 7) is 0.257. The van der Waals surface area contributed by atoms with Gasteiger partial charge in [-0.2, -0.15) is 0 Å². The van der Waals surface area contributed by atoms with Crippen molar-refractivity contribution in [1.29, 1.82) is 0 Å². The second-order valence-corrected chi connectivity index (χ2v) is 8.35. The SMILES string of the molecule is O=C(c1ccc(Oc2ccccc2F)cc1)c1c[nH]c2ncc(F)c(N[C@@H]3CC[C@@H](CO)OC3)c12. The number of ketones is 1. The molecule has 0 amide bonds. The van der Waals surface area contributed by atoms with Crippen LogP contribution in [0.5, 0.6) is 11.5 Å². The molecule has 0 bridgehead atoms. The third kappa shape index (κ3) is 4.73. The van der Waals surface area contributed by atoms with E-state index in [0.29, 0.717) is 41.8 Å². The van der Waals surface area contributed by atoms with E-state index in [2.05, 4.69) is 15.3 Å². The van der Waals surface area contributed by atoms with E-state index in [1.165, 1.54) is 18.3 Å². The second-order valence-electron chi connectivity index (χ2n) is 8.35. The number of aromatic nitrogens is 2. The number of H-pyrrole nitrogens is 1. The average molecular weight is 479 g/mol. The normalized spacial score (nSPS) is 17.9. The van der Waals surface area contributed by atoms with E-state index < -0.39 is 11.6 Å². The van der Waals surface area contributed by atoms with Crippen LogP contribution in [0.15, 0.2) is 60.9 Å². The summed E-state index contributed by atoms with van der Waals surface area (Å²) in [5, 5.41) is 12.8. The van der Waals surface area contributed by atoms with Gasteiger partial charge < -0.3 is 24.9 Å². The van der Waals surface area contributed by atoms with Crippen molar-refractivity contribution in [2.75, 3.05) is 18.5 Å². The number of aromatic amines is 1. The van der Waals surface area contributed by atoms with Gasteiger partial charge in [0.1, 0.15) is 11.4 Å². The third-order valence-electron chi connectivity index (χ3n) is 6.00. The summed E-state index contributed by atoms with van der Waals surface area (Å²) in [7, 11) is 0. The fourth-order valence-electron chi connectivity index (χ4n) is 4.14. The van der Waals surface area contributed by atoms with Crippen LogP contribution >= 0.6 is 0 Å². The van der Waals surface area contributed by atoms with Crippen LogP contribution in [-0.4, -0.2) is 46.2 Å². The van der Waals surface area contributed by atoms with E-state index in [1.807, 2.05) is 0 Å². The number of pyridine rings is 1. The standard InChI is InChI=1S/C26H23F2N3O4/c27-20-3-1-2-4-22(20)35-17-8-5-15(6-9-17)25(33)19-11-29-26-23(19)24(21(28)12-30-26)31-16-7-10-18(13-32)34-14-16/h1-6,8-9,11-12,16,18,32H,7,10,13-14H2,(H2,29,30,31)/t16-,18+/m1/s1. The van der Waals surface area contributed by atoms with Gasteiger partial charge in [0, 0.05) is 17.8 Å². The Kier molecular flexibility index (Phi) is 6.43. The van der Waals surface area contributed by atoms with Crippen molar-refractivity contribution >= 4 is 22.5 Å². The fourth-order valence-corrected chi connectivity index (χ4v) is 4.14. The summed E-state index contributed by atoms with van der Waals surface area (Å²) in [6.07, 6.45) is 3.72. The highest BCUT2D eigenvalue weighted by atomic mass is 19.1. The zero-order valence-electron chi connectivity index (χ0n) is 18.6. The number of hydrogen-bond donors (Lipinski definition) is 3. The monoisotopic (exact) mass is 479 g/mol. The van der Waals surface area contributed by atoms with Gasteiger partial charge in [-0.15, -0.1) is 0 Å². The van der Waals surface area contributed by atoms with E-state index in [4.69, 9.17) is 9.47 Å². The highest BCUT2D eigenvalue weighted by Gasteiger charge is 2.25. The molecule has 0 unspecified atom stereocenters. The summed E-state index contributed by atoms with van der Waals surface area (Å²) >= 11 is 0. The minimum Gasteiger partial charge on any atom is -0.454 e. The molecule has 7 nitrogen and oxygen atoms in total. The Morgan fingerprint density at radius 3 is 2.66 bits per heavy atom. The number of benzene rings is 2. The van der Waals surface area contributed by atoms with Crippen LogP contribution in [0, 0.1) is 11.6 Å². The van der Waals surface area contributed by atoms with Gasteiger partial charge in [-0.25, -0.2) is 13.8 Å². The molecular weight excluding hydrogens is 456 g/mol. The quantitative estimate of drug-likeness (QED) is 0.329. The first-order valence-corrected chi connectivity index (χ1v) is 11.2. The van der Waals surface area contributed by atoms with Crippen LogP contribution < -0.4 is 10.1 Å². The Balaban J connectivity index is 1.40. The van der Waals surface area contributed by atoms with Crippen molar-refractivity contribution in [3.63, 3.8) is 0 Å². The number of para-hydroxylation sites is 1. The predicted octanol–water partition coefficient (Wildman–Crippen LogP) is 4.82. The van der Waals surface area contributed by atoms with Crippen LogP contribution in [-0.2, 0) is 4.74 Å². The molecule has 0 radical (unpaired) electrons. The number of carbonyl (C=O) groups excluding carboxylic acids is 1. The summed E-state index contributed by atoms with van der Waals surface area (Å²) in [5.41, 5.74) is 1.17. The first kappa shape index (κ1) is 22.9. The lowest BCUT2D eigenvalue weighted by molar-refractivity contribution is -0.0223. The van der Waals surface area contributed by atoms with Gasteiger partial charge in [0.15, 0.2) is 23.2 Å². The number of carbonyl (C=O) groups is 1. The molecule has 2 aromatic carbocycles. The van der Waals surface area contributed by atoms with Crippen LogP contribution in [0.1, 0.15) is 28.8 Å². The molecule has 3 N–H and O–H groups in total. The maximum atomic E-state index is 14.9. The summed E-state index contributed by atoms with van der Waals surface area (Å²) in [6, 6.07) is 12.2. The highest BCUT2D eigenvalue weighted by Crippen LogP contribution is 2.32. The van der Waals surface area contributed by atoms with Crippen molar-refractivity contribution in [3.8, 4) is 11.5 Å². The van der Waals surface area contributed by atoms with Gasteiger partial charge in [-0.3, -0.25) is 4.79 Å². The lowest BCUT2D eigenvalue weighted by Gasteiger charge is -2.29. The molecule has 4 aromatic rings. The average Bonchev–Trinajstić information content (AvgIpc) is 3.32. The summed E-state index contributed by atoms with van der Waals surface area (Å²) in [4.78, 5) is 20.4. The molecule has 2 aromatic heterocycles. The van der Waals surface area contributed by atoms with E-state index in [-0.39, 0.29) is 41.5 Å². The number of rotatable bonds is 7. The number of anilines is 1. The van der Waals surface area contributed by atoms with E-state index in [1.54, 1.807) is 36.4 Å². The van der Waals surface area contributed by atoms with Crippen molar-refractivity contribution < 1.29 is 28.2 Å². The molecule has 2 atom stereocenters. The van der Waals surface area contributed by atoms with E-state index >= 15 is 0 Å². The van der Waals surface area contributed by atoms with Crippen molar-refractivity contribution in [1.82, 2.24) is 9.97 Å². The van der Waals surface area contributed by atoms with E-state index in [9.17, 15) is 18.7 Å². The molecular formula is C26H23F2N3O4. The Hall–Kier alpha value is -3.82. The Bertz CT molecular complexity index is 1350. The molecule has 180 valence electrons. The fraction of sp³-hybridized carbons (Fsp3) is 0.231. The molecule has 0 aliphatic carbocycles. The second kappa shape index (κ2) is 9.81. The number of halogens is 2. The van der Waals surface area contributed by atoms with Crippen molar-refractivity contribution in [2.45, 2.75) is 25.0 Å². The molecule has 3 heterocycles. The van der Waals surface area contributed by atoms with Crippen LogP contribution in [0.4, 0.5) is 14.5 Å². The lowest BCUT2D eigenvalue weighted by Crippen LogP contribution is -2.36. The van der Waals surface area contributed by atoms with Gasteiger partial charge in [0.25, 0.3) is 0 Å². The number of hydrogen-bond acceptors (Lipinski definition) is 6. The summed E-state index contributed by atoms with van der Waals surface area (Å²) < 4.78 is 39.8. The molecule has 1 aliphatic heterocycles. The third-order valence-corrected chi connectivity index (χ3v) is 6.00. The van der Waals surface area contributed by atoms with Crippen molar-refractivity contribution in [3.05, 3.63) is 83.7 Å². The number of nitrogens with zero attached hydrogens (tertiary/aromatic N) is 1. The van der Waals surface area contributed by atoms with Crippen LogP contribution in [0.3, 0.4) is 0 Å². The number of nitrogens with one attached hydrogen (secondary N) is 2. The minimum absolute atomic E-state index is 0.0544. The predicted molar refractivity (Wildman–Crippen MR) is 126 cm³/mol. The molecule has 35 heavy (non-hydrogen) atoms. The smallest absolute Gasteiger partial charge is 0.195 e. The molecule has 0 saturated carbocycles. The number of aliphatic hydroxyl groups excluding tert-OH is 1. The first-order chi connectivity index (χ1) is 17.0. The van der Waals surface area contributed by atoms with Gasteiger partial charge in [0.2, 0.25) is 0 Å². The molecule has 1 fully saturated rings.